The SMILES string of the molecule is CC/C=C\C/C=C\C/C=C\C/C=C\C/C=C\C/C=C\C/C=C\CCCCCC(=O)NC(COC1OC(CO)C(OC2OC(CO)C(O)C(O)C2O)C(O)C1O)C(O)/C=C/CCCCCCCCCCCCCCCCCCCCCCCCC. The van der Waals surface area contributed by atoms with E-state index in [-0.39, 0.29) is 18.9 Å². The first-order valence-electron chi connectivity index (χ1n) is 33.5. The summed E-state index contributed by atoms with van der Waals surface area (Å²) in [7, 11) is 0. The van der Waals surface area contributed by atoms with E-state index in [1.807, 2.05) is 6.08 Å². The smallest absolute Gasteiger partial charge is 0.220 e. The fraction of sp³-hybridized carbons (Fsp3) is 0.757. The van der Waals surface area contributed by atoms with Gasteiger partial charge in [0.15, 0.2) is 12.6 Å². The van der Waals surface area contributed by atoms with Gasteiger partial charge in [-0.25, -0.2) is 0 Å². The summed E-state index contributed by atoms with van der Waals surface area (Å²) in [5, 5.41) is 87.3. The van der Waals surface area contributed by atoms with E-state index in [1.54, 1.807) is 6.08 Å². The Kier molecular flexibility index (Phi) is 49.6. The van der Waals surface area contributed by atoms with Crippen molar-refractivity contribution in [2.45, 2.75) is 319 Å². The number of hydrogen-bond acceptors (Lipinski definition) is 13. The van der Waals surface area contributed by atoms with Crippen LogP contribution in [0.2, 0.25) is 0 Å². The maximum absolute atomic E-state index is 13.3. The van der Waals surface area contributed by atoms with Crippen LogP contribution in [0.4, 0.5) is 0 Å². The van der Waals surface area contributed by atoms with Gasteiger partial charge in [0.25, 0.3) is 0 Å². The summed E-state index contributed by atoms with van der Waals surface area (Å²) in [5.74, 6) is -0.273. The van der Waals surface area contributed by atoms with Crippen molar-refractivity contribution in [1.82, 2.24) is 5.32 Å². The van der Waals surface area contributed by atoms with Crippen LogP contribution in [0.15, 0.2) is 97.2 Å². The number of allylic oxidation sites excluding steroid dienone is 15. The van der Waals surface area contributed by atoms with Crippen molar-refractivity contribution in [3.8, 4) is 0 Å². The molecule has 14 nitrogen and oxygen atoms in total. The van der Waals surface area contributed by atoms with E-state index in [9.17, 15) is 45.6 Å². The van der Waals surface area contributed by atoms with Gasteiger partial charge in [0, 0.05) is 6.42 Å². The molecule has 2 saturated heterocycles. The number of ether oxygens (including phenoxy) is 4. The number of carbonyl (C=O) groups is 1. The number of amides is 1. The normalized spacial score (nSPS) is 24.3. The minimum atomic E-state index is -1.80. The van der Waals surface area contributed by atoms with E-state index in [0.29, 0.717) is 6.42 Å². The molecule has 0 aromatic rings. The molecule has 0 spiro atoms. The predicted molar refractivity (Wildman–Crippen MR) is 341 cm³/mol. The average molecular weight is 1180 g/mol. The monoisotopic (exact) mass is 1180 g/mol. The van der Waals surface area contributed by atoms with E-state index in [1.165, 1.54) is 135 Å². The molecule has 2 aliphatic heterocycles. The molecular weight excluding hydrogens is 1060 g/mol. The van der Waals surface area contributed by atoms with Gasteiger partial charge in [-0.2, -0.15) is 0 Å². The Balaban J connectivity index is 1.75. The summed E-state index contributed by atoms with van der Waals surface area (Å²) in [5.41, 5.74) is 0. The number of nitrogens with one attached hydrogen (secondary N) is 1. The molecule has 84 heavy (non-hydrogen) atoms. The predicted octanol–water partition coefficient (Wildman–Crippen LogP) is 13.0. The van der Waals surface area contributed by atoms with Crippen molar-refractivity contribution in [3.63, 3.8) is 0 Å². The number of rotatable bonds is 53. The molecule has 12 atom stereocenters. The zero-order chi connectivity index (χ0) is 60.9. The third-order valence-electron chi connectivity index (χ3n) is 15.8. The van der Waals surface area contributed by atoms with Gasteiger partial charge in [-0.3, -0.25) is 4.79 Å². The molecule has 484 valence electrons. The van der Waals surface area contributed by atoms with Crippen molar-refractivity contribution in [2.24, 2.45) is 0 Å². The second-order valence-corrected chi connectivity index (χ2v) is 23.2. The Morgan fingerprint density at radius 3 is 1.26 bits per heavy atom. The summed E-state index contributed by atoms with van der Waals surface area (Å²) in [6, 6.07) is -0.941. The van der Waals surface area contributed by atoms with Gasteiger partial charge in [0.05, 0.1) is 32.0 Å². The highest BCUT2D eigenvalue weighted by Crippen LogP contribution is 2.30. The zero-order valence-electron chi connectivity index (χ0n) is 52.4. The third-order valence-corrected chi connectivity index (χ3v) is 15.8. The lowest BCUT2D eigenvalue weighted by Crippen LogP contribution is -2.65. The molecule has 0 saturated carbocycles. The Morgan fingerprint density at radius 2 is 0.821 bits per heavy atom. The van der Waals surface area contributed by atoms with Crippen LogP contribution in [-0.4, -0.2) is 140 Å². The van der Waals surface area contributed by atoms with Crippen molar-refractivity contribution in [3.05, 3.63) is 97.2 Å². The second kappa shape index (κ2) is 54.1. The molecule has 2 fully saturated rings. The maximum atomic E-state index is 13.3. The number of unbranched alkanes of at least 4 members (excludes halogenated alkanes) is 26. The molecule has 2 aliphatic rings. The molecule has 1 amide bonds. The van der Waals surface area contributed by atoms with Crippen LogP contribution in [0.5, 0.6) is 0 Å². The molecule has 9 N–H and O–H groups in total. The van der Waals surface area contributed by atoms with Gasteiger partial charge >= 0.3 is 0 Å². The highest BCUT2D eigenvalue weighted by atomic mass is 16.7. The van der Waals surface area contributed by atoms with E-state index in [0.717, 1.165) is 83.5 Å². The van der Waals surface area contributed by atoms with Crippen LogP contribution in [0.3, 0.4) is 0 Å². The van der Waals surface area contributed by atoms with E-state index in [4.69, 9.17) is 18.9 Å². The Morgan fingerprint density at radius 1 is 0.440 bits per heavy atom. The van der Waals surface area contributed by atoms with Crippen molar-refractivity contribution >= 4 is 5.91 Å². The number of aliphatic hydroxyl groups excluding tert-OH is 8. The van der Waals surface area contributed by atoms with Crippen LogP contribution in [0.1, 0.15) is 245 Å². The quantitative estimate of drug-likeness (QED) is 0.0204. The lowest BCUT2D eigenvalue weighted by atomic mass is 9.97. The lowest BCUT2D eigenvalue weighted by Gasteiger charge is -2.46. The highest BCUT2D eigenvalue weighted by Gasteiger charge is 2.51. The largest absolute Gasteiger partial charge is 0.394 e. The van der Waals surface area contributed by atoms with Crippen LogP contribution in [0.25, 0.3) is 0 Å². The van der Waals surface area contributed by atoms with Gasteiger partial charge in [-0.1, -0.05) is 259 Å². The molecular formula is C70H121NO13. The Labute approximate surface area is 509 Å². The fourth-order valence-electron chi connectivity index (χ4n) is 10.4. The topological polar surface area (TPSA) is 228 Å². The molecule has 2 heterocycles. The third kappa shape index (κ3) is 38.2. The Bertz CT molecular complexity index is 1780. The summed E-state index contributed by atoms with van der Waals surface area (Å²) in [4.78, 5) is 13.3. The Hall–Kier alpha value is -3.09. The summed E-state index contributed by atoms with van der Waals surface area (Å²) in [6.07, 6.45) is 58.7. The van der Waals surface area contributed by atoms with Crippen molar-refractivity contribution in [1.29, 1.82) is 0 Å². The van der Waals surface area contributed by atoms with Crippen molar-refractivity contribution < 1.29 is 64.6 Å². The van der Waals surface area contributed by atoms with Crippen LogP contribution in [-0.2, 0) is 23.7 Å². The average Bonchev–Trinajstić information content (AvgIpc) is 3.18. The van der Waals surface area contributed by atoms with Gasteiger partial charge in [-0.05, 0) is 77.0 Å². The minimum absolute atomic E-state index is 0.236. The molecule has 0 aromatic carbocycles. The first kappa shape index (κ1) is 77.0. The van der Waals surface area contributed by atoms with Gasteiger partial charge in [0.1, 0.15) is 48.8 Å². The fourth-order valence-corrected chi connectivity index (χ4v) is 10.4. The summed E-state index contributed by atoms with van der Waals surface area (Å²) >= 11 is 0. The zero-order valence-corrected chi connectivity index (χ0v) is 52.4. The summed E-state index contributed by atoms with van der Waals surface area (Å²) in [6.45, 7) is 2.68. The van der Waals surface area contributed by atoms with Crippen LogP contribution in [0, 0.1) is 0 Å². The van der Waals surface area contributed by atoms with Crippen LogP contribution < -0.4 is 5.32 Å². The second-order valence-electron chi connectivity index (χ2n) is 23.2. The van der Waals surface area contributed by atoms with E-state index >= 15 is 0 Å². The maximum Gasteiger partial charge on any atom is 0.220 e. The standard InChI is InChI=1S/C70H121NO13/c1-3-5-7-9-11-13-15-17-19-21-23-25-27-29-31-33-35-37-39-41-43-45-47-49-51-53-59(74)58(57-81-69-67(80)65(78)68(61(56-73)83-69)84-70-66(79)64(77)63(76)60(55-72)82-70)71-62(75)54-52-50-48-46-44-42-40-38-36-34-32-30-28-26-24-22-20-18-16-14-12-10-8-6-4-2/h6,8,12,14,18,20,24,26,30,32,36,38,42,44,51,53,58-61,63-70,72-74,76-80H,3-5,7,9-11,13,15-17,19,21-23,25,27-29,31,33-35,37,39-41,43,45-50,52,54-57H2,1-2H3,(H,71,75)/b8-6-,14-12-,20-18-,26-24-,32-30-,38-36-,44-42-,53-51+. The van der Waals surface area contributed by atoms with Gasteiger partial charge in [-0.15, -0.1) is 0 Å². The molecule has 14 heteroatoms. The van der Waals surface area contributed by atoms with E-state index < -0.39 is 86.8 Å². The molecule has 0 aromatic heterocycles. The minimum Gasteiger partial charge on any atom is -0.394 e. The lowest BCUT2D eigenvalue weighted by molar-refractivity contribution is -0.359. The molecule has 0 radical (unpaired) electrons. The molecule has 12 unspecified atom stereocenters. The first-order chi connectivity index (χ1) is 41.1. The van der Waals surface area contributed by atoms with Crippen LogP contribution >= 0.6 is 0 Å². The van der Waals surface area contributed by atoms with Gasteiger partial charge in [0.2, 0.25) is 5.91 Å². The number of aliphatic hydroxyl groups is 8. The summed E-state index contributed by atoms with van der Waals surface area (Å²) < 4.78 is 22.8. The number of hydrogen-bond donors (Lipinski definition) is 9. The first-order valence-corrected chi connectivity index (χ1v) is 33.5. The van der Waals surface area contributed by atoms with E-state index in [2.05, 4.69) is 104 Å². The van der Waals surface area contributed by atoms with Gasteiger partial charge < -0.3 is 65.1 Å². The molecule has 0 aliphatic carbocycles. The molecule has 2 rings (SSSR count). The molecule has 0 bridgehead atoms. The highest BCUT2D eigenvalue weighted by molar-refractivity contribution is 5.76. The van der Waals surface area contributed by atoms with Crippen molar-refractivity contribution in [2.75, 3.05) is 19.8 Å². The number of carbonyl (C=O) groups excluding carboxylic acids is 1.